The molecule has 1 N–H and O–H groups in total. The van der Waals surface area contributed by atoms with Crippen molar-refractivity contribution in [3.8, 4) is 6.07 Å². The molecule has 7 heteroatoms. The van der Waals surface area contributed by atoms with Crippen molar-refractivity contribution in [1.29, 1.82) is 5.26 Å². The minimum Gasteiger partial charge on any atom is -0.323 e. The molecule has 30 heavy (non-hydrogen) atoms. The predicted molar refractivity (Wildman–Crippen MR) is 117 cm³/mol. The summed E-state index contributed by atoms with van der Waals surface area (Å²) >= 11 is 0. The molecule has 1 amide bonds. The molecule has 0 aromatic heterocycles. The SMILES string of the molecule is C[C@H]1C[C@H](C)CN(S(=O)(=O)c2ccc(NC(=O)/C=C/c3ccc(C#N)cc3)cc2)C1. The van der Waals surface area contributed by atoms with Gasteiger partial charge in [0.2, 0.25) is 15.9 Å². The molecule has 0 radical (unpaired) electrons. The number of sulfonamides is 1. The number of anilines is 1. The topological polar surface area (TPSA) is 90.3 Å². The number of nitrogens with zero attached hydrogens (tertiary/aromatic N) is 2. The molecule has 0 saturated carbocycles. The smallest absolute Gasteiger partial charge is 0.248 e. The fourth-order valence-corrected chi connectivity index (χ4v) is 5.37. The summed E-state index contributed by atoms with van der Waals surface area (Å²) < 4.78 is 27.4. The number of amides is 1. The average Bonchev–Trinajstić information content (AvgIpc) is 2.72. The lowest BCUT2D eigenvalue weighted by atomic mass is 9.94. The fourth-order valence-electron chi connectivity index (χ4n) is 3.69. The summed E-state index contributed by atoms with van der Waals surface area (Å²) in [4.78, 5) is 12.4. The van der Waals surface area contributed by atoms with Crippen LogP contribution < -0.4 is 5.32 Å². The van der Waals surface area contributed by atoms with Gasteiger partial charge in [0.1, 0.15) is 0 Å². The van der Waals surface area contributed by atoms with E-state index >= 15 is 0 Å². The van der Waals surface area contributed by atoms with Crippen LogP contribution in [0, 0.1) is 23.2 Å². The van der Waals surface area contributed by atoms with E-state index in [-0.39, 0.29) is 10.8 Å². The standard InChI is InChI=1S/C23H25N3O3S/c1-17-13-18(2)16-26(15-17)30(28,29)22-10-8-21(9-11-22)25-23(27)12-7-19-3-5-20(14-24)6-4-19/h3-12,17-18H,13,15-16H2,1-2H3,(H,25,27)/b12-7+/t17-,18-/m0/s1. The van der Waals surface area contributed by atoms with Gasteiger partial charge >= 0.3 is 0 Å². The second-order valence-electron chi connectivity index (χ2n) is 7.85. The monoisotopic (exact) mass is 423 g/mol. The third-order valence-electron chi connectivity index (χ3n) is 5.06. The van der Waals surface area contributed by atoms with Crippen molar-refractivity contribution >= 4 is 27.7 Å². The Morgan fingerprint density at radius 2 is 1.67 bits per heavy atom. The highest BCUT2D eigenvalue weighted by Crippen LogP contribution is 2.27. The average molecular weight is 424 g/mol. The largest absolute Gasteiger partial charge is 0.323 e. The van der Waals surface area contributed by atoms with Crippen LogP contribution in [-0.4, -0.2) is 31.7 Å². The number of carbonyl (C=O) groups excluding carboxylic acids is 1. The number of hydrogen-bond donors (Lipinski definition) is 1. The zero-order chi connectivity index (χ0) is 21.7. The number of carbonyl (C=O) groups is 1. The van der Waals surface area contributed by atoms with E-state index < -0.39 is 10.0 Å². The van der Waals surface area contributed by atoms with Crippen LogP contribution in [0.2, 0.25) is 0 Å². The first-order valence-electron chi connectivity index (χ1n) is 9.87. The van der Waals surface area contributed by atoms with E-state index in [1.54, 1.807) is 46.8 Å². The Balaban J connectivity index is 1.64. The molecule has 2 atom stereocenters. The molecule has 0 aliphatic carbocycles. The van der Waals surface area contributed by atoms with Crippen LogP contribution >= 0.6 is 0 Å². The normalized spacial score (nSPS) is 20.0. The van der Waals surface area contributed by atoms with Gasteiger partial charge in [0.25, 0.3) is 0 Å². The highest BCUT2D eigenvalue weighted by atomic mass is 32.2. The summed E-state index contributed by atoms with van der Waals surface area (Å²) in [5, 5.41) is 11.5. The molecule has 2 aromatic carbocycles. The molecule has 0 bridgehead atoms. The molecule has 156 valence electrons. The van der Waals surface area contributed by atoms with Gasteiger partial charge in [0.05, 0.1) is 16.5 Å². The summed E-state index contributed by atoms with van der Waals surface area (Å²) in [5.41, 5.74) is 1.87. The van der Waals surface area contributed by atoms with Crippen molar-refractivity contribution in [2.24, 2.45) is 11.8 Å². The molecular formula is C23H25N3O3S. The molecule has 1 saturated heterocycles. The number of piperidine rings is 1. The summed E-state index contributed by atoms with van der Waals surface area (Å²) in [5.74, 6) is 0.351. The Morgan fingerprint density at radius 3 is 2.23 bits per heavy atom. The van der Waals surface area contributed by atoms with Crippen molar-refractivity contribution < 1.29 is 13.2 Å². The molecule has 1 aliphatic heterocycles. The van der Waals surface area contributed by atoms with E-state index in [4.69, 9.17) is 5.26 Å². The van der Waals surface area contributed by atoms with Gasteiger partial charge in [-0.05, 0) is 66.3 Å². The second kappa shape index (κ2) is 9.24. The van der Waals surface area contributed by atoms with Gasteiger partial charge in [-0.1, -0.05) is 26.0 Å². The first-order valence-corrected chi connectivity index (χ1v) is 11.3. The lowest BCUT2D eigenvalue weighted by Gasteiger charge is -2.34. The Labute approximate surface area is 177 Å². The molecule has 2 aromatic rings. The predicted octanol–water partition coefficient (Wildman–Crippen LogP) is 3.88. The molecule has 0 spiro atoms. The lowest BCUT2D eigenvalue weighted by Crippen LogP contribution is -2.42. The maximum absolute atomic E-state index is 12.9. The highest BCUT2D eigenvalue weighted by Gasteiger charge is 2.31. The third kappa shape index (κ3) is 5.35. The maximum Gasteiger partial charge on any atom is 0.248 e. The number of rotatable bonds is 5. The van der Waals surface area contributed by atoms with E-state index in [9.17, 15) is 13.2 Å². The molecular weight excluding hydrogens is 398 g/mol. The Kier molecular flexibility index (Phi) is 6.70. The summed E-state index contributed by atoms with van der Waals surface area (Å²) in [7, 11) is -3.54. The molecule has 0 unspecified atom stereocenters. The van der Waals surface area contributed by atoms with Crippen molar-refractivity contribution in [3.63, 3.8) is 0 Å². The van der Waals surface area contributed by atoms with Gasteiger partial charge in [-0.2, -0.15) is 9.57 Å². The number of hydrogen-bond acceptors (Lipinski definition) is 4. The Hall–Kier alpha value is -2.95. The van der Waals surface area contributed by atoms with Crippen molar-refractivity contribution in [1.82, 2.24) is 4.31 Å². The Morgan fingerprint density at radius 1 is 1.07 bits per heavy atom. The van der Waals surface area contributed by atoms with E-state index in [0.717, 1.165) is 12.0 Å². The van der Waals surface area contributed by atoms with Gasteiger partial charge in [0, 0.05) is 24.9 Å². The molecule has 1 aliphatic rings. The van der Waals surface area contributed by atoms with Crippen LogP contribution in [0.15, 0.2) is 59.5 Å². The van der Waals surface area contributed by atoms with Crippen LogP contribution in [0.5, 0.6) is 0 Å². The molecule has 1 fully saturated rings. The molecule has 6 nitrogen and oxygen atoms in total. The number of nitrogens with one attached hydrogen (secondary N) is 1. The van der Waals surface area contributed by atoms with Gasteiger partial charge in [-0.3, -0.25) is 4.79 Å². The zero-order valence-electron chi connectivity index (χ0n) is 17.1. The lowest BCUT2D eigenvalue weighted by molar-refractivity contribution is -0.111. The van der Waals surface area contributed by atoms with Crippen molar-refractivity contribution in [2.75, 3.05) is 18.4 Å². The fraction of sp³-hybridized carbons (Fsp3) is 0.304. The van der Waals surface area contributed by atoms with Crippen molar-refractivity contribution in [3.05, 3.63) is 65.7 Å². The third-order valence-corrected chi connectivity index (χ3v) is 6.91. The van der Waals surface area contributed by atoms with Gasteiger partial charge in [-0.25, -0.2) is 8.42 Å². The van der Waals surface area contributed by atoms with Gasteiger partial charge < -0.3 is 5.32 Å². The van der Waals surface area contributed by atoms with Crippen molar-refractivity contribution in [2.45, 2.75) is 25.2 Å². The van der Waals surface area contributed by atoms with E-state index in [2.05, 4.69) is 19.2 Å². The van der Waals surface area contributed by atoms with Crippen LogP contribution in [0.4, 0.5) is 5.69 Å². The minimum absolute atomic E-state index is 0.231. The van der Waals surface area contributed by atoms with E-state index in [0.29, 0.717) is 36.2 Å². The second-order valence-corrected chi connectivity index (χ2v) is 9.79. The number of benzene rings is 2. The Bertz CT molecular complexity index is 1060. The first-order chi connectivity index (χ1) is 14.3. The maximum atomic E-state index is 12.9. The van der Waals surface area contributed by atoms with Crippen LogP contribution in [-0.2, 0) is 14.8 Å². The highest BCUT2D eigenvalue weighted by molar-refractivity contribution is 7.89. The van der Waals surface area contributed by atoms with E-state index in [1.165, 1.54) is 18.2 Å². The quantitative estimate of drug-likeness (QED) is 0.739. The molecule has 1 heterocycles. The first kappa shape index (κ1) is 21.8. The van der Waals surface area contributed by atoms with Crippen LogP contribution in [0.25, 0.3) is 6.08 Å². The summed E-state index contributed by atoms with van der Waals surface area (Å²) in [6.45, 7) is 5.21. The summed E-state index contributed by atoms with van der Waals surface area (Å²) in [6, 6.07) is 15.2. The van der Waals surface area contributed by atoms with Gasteiger partial charge in [-0.15, -0.1) is 0 Å². The van der Waals surface area contributed by atoms with Crippen LogP contribution in [0.1, 0.15) is 31.4 Å². The van der Waals surface area contributed by atoms with Crippen LogP contribution in [0.3, 0.4) is 0 Å². The zero-order valence-corrected chi connectivity index (χ0v) is 17.9. The minimum atomic E-state index is -3.54. The van der Waals surface area contributed by atoms with E-state index in [1.807, 2.05) is 6.07 Å². The number of nitriles is 1. The van der Waals surface area contributed by atoms with Gasteiger partial charge in [0.15, 0.2) is 0 Å². The molecule has 3 rings (SSSR count). The summed E-state index contributed by atoms with van der Waals surface area (Å²) in [6.07, 6.45) is 4.07.